The van der Waals surface area contributed by atoms with E-state index >= 15 is 0 Å². The normalized spacial score (nSPS) is 17.8. The standard InChI is InChI=1S/C15H25N3O2/c1-4-18-11-15(20)14(19)9-13(18)10-17(3)12-5-7-16(2)8-6-12/h9,11-12,20H,4-8,10H2,1-3H3. The van der Waals surface area contributed by atoms with E-state index in [-0.39, 0.29) is 11.2 Å². The van der Waals surface area contributed by atoms with Crippen LogP contribution in [0.1, 0.15) is 25.5 Å². The van der Waals surface area contributed by atoms with Gasteiger partial charge in [0.2, 0.25) is 5.43 Å². The van der Waals surface area contributed by atoms with Crippen molar-refractivity contribution in [3.63, 3.8) is 0 Å². The number of pyridine rings is 1. The van der Waals surface area contributed by atoms with Gasteiger partial charge in [-0.05, 0) is 47.0 Å². The minimum Gasteiger partial charge on any atom is -0.503 e. The van der Waals surface area contributed by atoms with Crippen molar-refractivity contribution in [2.45, 2.75) is 38.9 Å². The van der Waals surface area contributed by atoms with Crippen molar-refractivity contribution in [2.75, 3.05) is 27.2 Å². The highest BCUT2D eigenvalue weighted by molar-refractivity contribution is 5.20. The lowest BCUT2D eigenvalue weighted by Crippen LogP contribution is -2.42. The first-order valence-corrected chi connectivity index (χ1v) is 7.32. The highest BCUT2D eigenvalue weighted by Crippen LogP contribution is 2.17. The van der Waals surface area contributed by atoms with Crippen molar-refractivity contribution in [1.29, 1.82) is 0 Å². The number of aromatic nitrogens is 1. The molecule has 1 aromatic rings. The highest BCUT2D eigenvalue weighted by Gasteiger charge is 2.21. The summed E-state index contributed by atoms with van der Waals surface area (Å²) >= 11 is 0. The smallest absolute Gasteiger partial charge is 0.223 e. The number of aryl methyl sites for hydroxylation is 1. The molecule has 112 valence electrons. The summed E-state index contributed by atoms with van der Waals surface area (Å²) in [5, 5.41) is 9.52. The van der Waals surface area contributed by atoms with Gasteiger partial charge in [0.1, 0.15) is 0 Å². The molecule has 1 aliphatic heterocycles. The Hall–Kier alpha value is -1.33. The first-order chi connectivity index (χ1) is 9.51. The average Bonchev–Trinajstić information content (AvgIpc) is 2.43. The maximum absolute atomic E-state index is 11.6. The number of nitrogens with zero attached hydrogens (tertiary/aromatic N) is 3. The van der Waals surface area contributed by atoms with Crippen molar-refractivity contribution < 1.29 is 5.11 Å². The summed E-state index contributed by atoms with van der Waals surface area (Å²) in [6.07, 6.45) is 3.88. The maximum atomic E-state index is 11.6. The van der Waals surface area contributed by atoms with E-state index in [0.717, 1.165) is 31.9 Å². The van der Waals surface area contributed by atoms with Crippen LogP contribution in [0.25, 0.3) is 0 Å². The van der Waals surface area contributed by atoms with Crippen LogP contribution in [-0.4, -0.2) is 52.7 Å². The van der Waals surface area contributed by atoms with Gasteiger partial charge in [-0.25, -0.2) is 0 Å². The minimum atomic E-state index is -0.290. The van der Waals surface area contributed by atoms with E-state index in [1.54, 1.807) is 12.3 Å². The summed E-state index contributed by atoms with van der Waals surface area (Å²) in [6, 6.07) is 2.13. The third-order valence-electron chi connectivity index (χ3n) is 4.26. The number of rotatable bonds is 4. The molecule has 0 spiro atoms. The predicted molar refractivity (Wildman–Crippen MR) is 80.0 cm³/mol. The largest absolute Gasteiger partial charge is 0.503 e. The fourth-order valence-electron chi connectivity index (χ4n) is 2.85. The number of piperidine rings is 1. The molecule has 1 fully saturated rings. The molecule has 0 unspecified atom stereocenters. The summed E-state index contributed by atoms with van der Waals surface area (Å²) in [7, 11) is 4.28. The lowest BCUT2D eigenvalue weighted by molar-refractivity contribution is 0.137. The number of aromatic hydroxyl groups is 1. The van der Waals surface area contributed by atoms with Gasteiger partial charge in [-0.1, -0.05) is 0 Å². The molecule has 20 heavy (non-hydrogen) atoms. The van der Waals surface area contributed by atoms with Crippen LogP contribution >= 0.6 is 0 Å². The average molecular weight is 279 g/mol. The summed E-state index contributed by atoms with van der Waals surface area (Å²) < 4.78 is 1.95. The van der Waals surface area contributed by atoms with Gasteiger partial charge in [0.25, 0.3) is 0 Å². The van der Waals surface area contributed by atoms with Crippen LogP contribution in [0.2, 0.25) is 0 Å². The fraction of sp³-hybridized carbons (Fsp3) is 0.667. The molecule has 0 aromatic carbocycles. The zero-order chi connectivity index (χ0) is 14.7. The quantitative estimate of drug-likeness (QED) is 0.896. The Balaban J connectivity index is 2.09. The molecule has 1 N–H and O–H groups in total. The first-order valence-electron chi connectivity index (χ1n) is 7.32. The molecular formula is C15H25N3O2. The van der Waals surface area contributed by atoms with E-state index in [0.29, 0.717) is 6.04 Å². The van der Waals surface area contributed by atoms with E-state index in [1.807, 2.05) is 11.5 Å². The second-order valence-corrected chi connectivity index (χ2v) is 5.75. The molecule has 0 saturated carbocycles. The maximum Gasteiger partial charge on any atom is 0.223 e. The van der Waals surface area contributed by atoms with Gasteiger partial charge in [0.15, 0.2) is 5.75 Å². The second-order valence-electron chi connectivity index (χ2n) is 5.75. The van der Waals surface area contributed by atoms with Crippen molar-refractivity contribution >= 4 is 0 Å². The summed E-state index contributed by atoms with van der Waals surface area (Å²) in [5.74, 6) is -0.169. The van der Waals surface area contributed by atoms with Crippen LogP contribution in [-0.2, 0) is 13.1 Å². The van der Waals surface area contributed by atoms with Crippen LogP contribution in [0.15, 0.2) is 17.1 Å². The molecule has 2 heterocycles. The Morgan fingerprint density at radius 1 is 1.40 bits per heavy atom. The second kappa shape index (κ2) is 6.41. The molecule has 0 radical (unpaired) electrons. The minimum absolute atomic E-state index is 0.169. The van der Waals surface area contributed by atoms with Gasteiger partial charge in [0.05, 0.1) is 6.20 Å². The molecule has 5 nitrogen and oxygen atoms in total. The lowest BCUT2D eigenvalue weighted by atomic mass is 10.0. The van der Waals surface area contributed by atoms with E-state index in [9.17, 15) is 9.90 Å². The first kappa shape index (κ1) is 15.1. The fourth-order valence-corrected chi connectivity index (χ4v) is 2.85. The summed E-state index contributed by atoms with van der Waals surface area (Å²) in [4.78, 5) is 16.3. The van der Waals surface area contributed by atoms with Gasteiger partial charge in [0, 0.05) is 30.9 Å². The zero-order valence-corrected chi connectivity index (χ0v) is 12.7. The number of likely N-dealkylation sites (tertiary alicyclic amines) is 1. The molecule has 0 aliphatic carbocycles. The Labute approximate surface area is 120 Å². The third-order valence-corrected chi connectivity index (χ3v) is 4.26. The van der Waals surface area contributed by atoms with Crippen LogP contribution < -0.4 is 5.43 Å². The summed E-state index contributed by atoms with van der Waals surface area (Å²) in [5.41, 5.74) is 0.679. The van der Waals surface area contributed by atoms with Crippen molar-refractivity contribution in [3.05, 3.63) is 28.2 Å². The number of hydrogen-bond acceptors (Lipinski definition) is 4. The Morgan fingerprint density at radius 3 is 2.65 bits per heavy atom. The van der Waals surface area contributed by atoms with Gasteiger partial charge < -0.3 is 14.6 Å². The Kier molecular flexibility index (Phi) is 4.83. The molecule has 0 amide bonds. The Bertz CT molecular complexity index is 504. The van der Waals surface area contributed by atoms with E-state index in [2.05, 4.69) is 23.9 Å². The SMILES string of the molecule is CCn1cc(O)c(=O)cc1CN(C)C1CCN(C)CC1. The van der Waals surface area contributed by atoms with Crippen LogP contribution in [0, 0.1) is 0 Å². The zero-order valence-electron chi connectivity index (χ0n) is 12.7. The van der Waals surface area contributed by atoms with Gasteiger partial charge in [-0.3, -0.25) is 9.69 Å². The van der Waals surface area contributed by atoms with Crippen molar-refractivity contribution in [1.82, 2.24) is 14.4 Å². The highest BCUT2D eigenvalue weighted by atomic mass is 16.3. The molecule has 2 rings (SSSR count). The Morgan fingerprint density at radius 2 is 2.05 bits per heavy atom. The molecule has 0 atom stereocenters. The van der Waals surface area contributed by atoms with E-state index < -0.39 is 0 Å². The van der Waals surface area contributed by atoms with E-state index in [1.165, 1.54) is 12.8 Å². The third kappa shape index (κ3) is 3.41. The van der Waals surface area contributed by atoms with Gasteiger partial charge >= 0.3 is 0 Å². The number of hydrogen-bond donors (Lipinski definition) is 1. The lowest BCUT2D eigenvalue weighted by Gasteiger charge is -2.35. The molecule has 1 aromatic heterocycles. The topological polar surface area (TPSA) is 48.7 Å². The molecule has 1 aliphatic rings. The molecule has 5 heteroatoms. The van der Waals surface area contributed by atoms with Crippen molar-refractivity contribution in [3.8, 4) is 5.75 Å². The van der Waals surface area contributed by atoms with E-state index in [4.69, 9.17) is 0 Å². The molecule has 1 saturated heterocycles. The van der Waals surface area contributed by atoms with Crippen LogP contribution in [0.4, 0.5) is 0 Å². The van der Waals surface area contributed by atoms with Crippen molar-refractivity contribution in [2.24, 2.45) is 0 Å². The van der Waals surface area contributed by atoms with Crippen LogP contribution in [0.3, 0.4) is 0 Å². The molecular weight excluding hydrogens is 254 g/mol. The summed E-state index contributed by atoms with van der Waals surface area (Å²) in [6.45, 7) is 5.78. The van der Waals surface area contributed by atoms with Gasteiger partial charge in [-0.2, -0.15) is 0 Å². The molecule has 0 bridgehead atoms. The van der Waals surface area contributed by atoms with Crippen LogP contribution in [0.5, 0.6) is 5.75 Å². The monoisotopic (exact) mass is 279 g/mol. The predicted octanol–water partition coefficient (Wildman–Crippen LogP) is 1.10. The van der Waals surface area contributed by atoms with Gasteiger partial charge in [-0.15, -0.1) is 0 Å².